The number of nitrogens with zero attached hydrogens (tertiary/aromatic N) is 4. The third-order valence-corrected chi connectivity index (χ3v) is 4.67. The number of H-pyrrole nitrogens is 1. The smallest absolute Gasteiger partial charge is 0.181 e. The van der Waals surface area contributed by atoms with E-state index in [2.05, 4.69) is 49.4 Å². The summed E-state index contributed by atoms with van der Waals surface area (Å²) in [7, 11) is 0. The van der Waals surface area contributed by atoms with Gasteiger partial charge in [0.1, 0.15) is 0 Å². The summed E-state index contributed by atoms with van der Waals surface area (Å²) in [5, 5.41) is 9.35. The maximum Gasteiger partial charge on any atom is 0.181 e. The van der Waals surface area contributed by atoms with Crippen LogP contribution in [0.15, 0.2) is 67.3 Å². The number of aryl methyl sites for hydroxylation is 1. The molecule has 1 aromatic carbocycles. The second-order valence-electron chi connectivity index (χ2n) is 6.27. The number of pyridine rings is 3. The Bertz CT molecular complexity index is 1240. The summed E-state index contributed by atoms with van der Waals surface area (Å²) in [4.78, 5) is 13.1. The Kier molecular flexibility index (Phi) is 3.25. The number of benzene rings is 1. The highest BCUT2D eigenvalue weighted by Gasteiger charge is 2.09. The van der Waals surface area contributed by atoms with Crippen LogP contribution < -0.4 is 0 Å². The molecule has 124 valence electrons. The highest BCUT2D eigenvalue weighted by molar-refractivity contribution is 5.97. The Hall–Kier alpha value is -3.60. The molecule has 4 aromatic heterocycles. The van der Waals surface area contributed by atoms with Crippen LogP contribution in [0, 0.1) is 6.92 Å². The Balaban J connectivity index is 1.72. The Morgan fingerprint density at radius 3 is 2.50 bits per heavy atom. The molecule has 5 aromatic rings. The summed E-state index contributed by atoms with van der Waals surface area (Å²) in [6, 6.07) is 14.5. The largest absolute Gasteiger partial charge is 0.280 e. The van der Waals surface area contributed by atoms with Gasteiger partial charge in [0, 0.05) is 46.8 Å². The second kappa shape index (κ2) is 5.74. The van der Waals surface area contributed by atoms with E-state index in [4.69, 9.17) is 0 Å². The number of aromatic amines is 1. The molecule has 0 unspecified atom stereocenters. The fraction of sp³-hybridized carbons (Fsp3) is 0.0476. The monoisotopic (exact) mass is 337 g/mol. The Morgan fingerprint density at radius 2 is 1.62 bits per heavy atom. The first-order valence-corrected chi connectivity index (χ1v) is 8.40. The summed E-state index contributed by atoms with van der Waals surface area (Å²) in [5.74, 6) is 0. The van der Waals surface area contributed by atoms with Crippen LogP contribution in [0.1, 0.15) is 5.69 Å². The summed E-state index contributed by atoms with van der Waals surface area (Å²) >= 11 is 0. The minimum Gasteiger partial charge on any atom is -0.280 e. The maximum absolute atomic E-state index is 4.51. The minimum atomic E-state index is 0.742. The van der Waals surface area contributed by atoms with E-state index in [0.717, 1.165) is 49.9 Å². The van der Waals surface area contributed by atoms with Crippen molar-refractivity contribution in [2.75, 3.05) is 0 Å². The predicted octanol–water partition coefficient (Wildman–Crippen LogP) is 4.54. The standard InChI is InChI=1S/C21H15N5/c1-13-18-11-16(12-24-21(18)26-25-13)15-2-3-20-19(10-15)17(6-9-23-20)14-4-7-22-8-5-14/h2-12H,1H3,(H,24,25,26). The molecule has 4 heterocycles. The number of rotatable bonds is 2. The van der Waals surface area contributed by atoms with Crippen LogP contribution in [0.25, 0.3) is 44.2 Å². The highest BCUT2D eigenvalue weighted by Crippen LogP contribution is 2.31. The summed E-state index contributed by atoms with van der Waals surface area (Å²) in [5.41, 5.74) is 7.18. The van der Waals surface area contributed by atoms with Gasteiger partial charge in [-0.2, -0.15) is 5.10 Å². The van der Waals surface area contributed by atoms with Crippen molar-refractivity contribution in [2.24, 2.45) is 0 Å². The van der Waals surface area contributed by atoms with E-state index < -0.39 is 0 Å². The fourth-order valence-electron chi connectivity index (χ4n) is 3.29. The highest BCUT2D eigenvalue weighted by atomic mass is 15.1. The van der Waals surface area contributed by atoms with Gasteiger partial charge in [0.2, 0.25) is 0 Å². The summed E-state index contributed by atoms with van der Waals surface area (Å²) in [6.07, 6.45) is 7.34. The van der Waals surface area contributed by atoms with Crippen LogP contribution in [0.5, 0.6) is 0 Å². The lowest BCUT2D eigenvalue weighted by Crippen LogP contribution is -1.87. The van der Waals surface area contributed by atoms with E-state index in [0.29, 0.717) is 0 Å². The molecule has 0 saturated carbocycles. The van der Waals surface area contributed by atoms with E-state index >= 15 is 0 Å². The second-order valence-corrected chi connectivity index (χ2v) is 6.27. The average Bonchev–Trinajstić information content (AvgIpc) is 3.08. The van der Waals surface area contributed by atoms with Gasteiger partial charge in [-0.15, -0.1) is 0 Å². The van der Waals surface area contributed by atoms with Gasteiger partial charge in [-0.3, -0.25) is 15.1 Å². The summed E-state index contributed by atoms with van der Waals surface area (Å²) < 4.78 is 0. The van der Waals surface area contributed by atoms with E-state index in [1.807, 2.05) is 49.9 Å². The zero-order valence-electron chi connectivity index (χ0n) is 14.1. The van der Waals surface area contributed by atoms with E-state index in [1.54, 1.807) is 0 Å². The van der Waals surface area contributed by atoms with Crippen LogP contribution in [0.3, 0.4) is 0 Å². The molecule has 0 aliphatic carbocycles. The van der Waals surface area contributed by atoms with Crippen LogP contribution in [0.2, 0.25) is 0 Å². The van der Waals surface area contributed by atoms with Gasteiger partial charge in [0.25, 0.3) is 0 Å². The zero-order valence-corrected chi connectivity index (χ0v) is 14.1. The third-order valence-electron chi connectivity index (χ3n) is 4.67. The summed E-state index contributed by atoms with van der Waals surface area (Å²) in [6.45, 7) is 2.01. The molecule has 0 fully saturated rings. The van der Waals surface area contributed by atoms with Crippen molar-refractivity contribution < 1.29 is 0 Å². The minimum absolute atomic E-state index is 0.742. The predicted molar refractivity (Wildman–Crippen MR) is 103 cm³/mol. The lowest BCUT2D eigenvalue weighted by molar-refractivity contribution is 1.05. The van der Waals surface area contributed by atoms with Gasteiger partial charge in [0.15, 0.2) is 5.65 Å². The van der Waals surface area contributed by atoms with E-state index in [9.17, 15) is 0 Å². The molecule has 5 heteroatoms. The van der Waals surface area contributed by atoms with Gasteiger partial charge in [-0.1, -0.05) is 6.07 Å². The molecule has 5 rings (SSSR count). The molecule has 0 radical (unpaired) electrons. The van der Waals surface area contributed by atoms with Crippen molar-refractivity contribution in [1.82, 2.24) is 25.1 Å². The van der Waals surface area contributed by atoms with Crippen molar-refractivity contribution in [3.8, 4) is 22.3 Å². The molecule has 0 spiro atoms. The molecule has 0 bridgehead atoms. The fourth-order valence-corrected chi connectivity index (χ4v) is 3.29. The Morgan fingerprint density at radius 1 is 0.769 bits per heavy atom. The molecule has 0 atom stereocenters. The SMILES string of the molecule is Cc1[nH]nc2ncc(-c3ccc4nccc(-c5ccncc5)c4c3)cc12. The zero-order chi connectivity index (χ0) is 17.5. The van der Waals surface area contributed by atoms with E-state index in [1.165, 1.54) is 0 Å². The molecule has 0 aliphatic heterocycles. The number of nitrogens with one attached hydrogen (secondary N) is 1. The number of hydrogen-bond donors (Lipinski definition) is 1. The molecule has 26 heavy (non-hydrogen) atoms. The lowest BCUT2D eigenvalue weighted by atomic mass is 9.98. The normalized spacial score (nSPS) is 11.3. The molecule has 0 amide bonds. The van der Waals surface area contributed by atoms with Crippen molar-refractivity contribution >= 4 is 21.9 Å². The van der Waals surface area contributed by atoms with Crippen molar-refractivity contribution in [2.45, 2.75) is 6.92 Å². The van der Waals surface area contributed by atoms with E-state index in [-0.39, 0.29) is 0 Å². The first-order chi connectivity index (χ1) is 12.8. The van der Waals surface area contributed by atoms with Crippen LogP contribution in [-0.2, 0) is 0 Å². The molecule has 0 saturated heterocycles. The number of aromatic nitrogens is 5. The first-order valence-electron chi connectivity index (χ1n) is 8.40. The number of hydrogen-bond acceptors (Lipinski definition) is 4. The van der Waals surface area contributed by atoms with Crippen molar-refractivity contribution in [3.63, 3.8) is 0 Å². The topological polar surface area (TPSA) is 67.3 Å². The quantitative estimate of drug-likeness (QED) is 0.513. The third kappa shape index (κ3) is 2.33. The van der Waals surface area contributed by atoms with Crippen molar-refractivity contribution in [3.05, 3.63) is 72.9 Å². The Labute approximate surface area is 149 Å². The van der Waals surface area contributed by atoms with Gasteiger partial charge >= 0.3 is 0 Å². The van der Waals surface area contributed by atoms with Crippen LogP contribution in [0.4, 0.5) is 0 Å². The maximum atomic E-state index is 4.51. The molecular weight excluding hydrogens is 322 g/mol. The van der Waals surface area contributed by atoms with Gasteiger partial charge in [-0.05, 0) is 60.0 Å². The van der Waals surface area contributed by atoms with Crippen LogP contribution >= 0.6 is 0 Å². The van der Waals surface area contributed by atoms with Crippen LogP contribution in [-0.4, -0.2) is 25.1 Å². The molecule has 5 nitrogen and oxygen atoms in total. The molecule has 1 N–H and O–H groups in total. The van der Waals surface area contributed by atoms with Crippen molar-refractivity contribution in [1.29, 1.82) is 0 Å². The average molecular weight is 337 g/mol. The van der Waals surface area contributed by atoms with Gasteiger partial charge < -0.3 is 0 Å². The van der Waals surface area contributed by atoms with Gasteiger partial charge in [-0.25, -0.2) is 4.98 Å². The lowest BCUT2D eigenvalue weighted by Gasteiger charge is -2.09. The van der Waals surface area contributed by atoms with Gasteiger partial charge in [0.05, 0.1) is 5.52 Å². The first kappa shape index (κ1) is 14.7. The molecule has 0 aliphatic rings. The molecular formula is C21H15N5. The number of fused-ring (bicyclic) bond motifs is 2.